The van der Waals surface area contributed by atoms with Gasteiger partial charge in [-0.1, -0.05) is 23.7 Å². The lowest BCUT2D eigenvalue weighted by molar-refractivity contribution is -0.138. The summed E-state index contributed by atoms with van der Waals surface area (Å²) in [5.41, 5.74) is 0.794. The molecule has 2 aliphatic heterocycles. The van der Waals surface area contributed by atoms with Crippen LogP contribution in [0.15, 0.2) is 52.5 Å². The van der Waals surface area contributed by atoms with Gasteiger partial charge < -0.3 is 9.80 Å². The number of carbonyl (C=O) groups excluding carboxylic acids is 1. The minimum atomic E-state index is -4.51. The Kier molecular flexibility index (Phi) is 6.37. The molecule has 0 unspecified atom stereocenters. The van der Waals surface area contributed by atoms with Crippen LogP contribution in [0, 0.1) is 0 Å². The highest BCUT2D eigenvalue weighted by molar-refractivity contribution is 8.18. The number of hydrogen-bond donors (Lipinski definition) is 0. The van der Waals surface area contributed by atoms with Crippen LogP contribution in [0.4, 0.5) is 13.2 Å². The number of halogens is 4. The summed E-state index contributed by atoms with van der Waals surface area (Å²) < 4.78 is 41.9. The molecule has 0 aliphatic carbocycles. The molecule has 3 aromatic rings. The van der Waals surface area contributed by atoms with Gasteiger partial charge in [-0.15, -0.1) is 0 Å². The largest absolute Gasteiger partial charge is 0.416 e. The molecule has 0 bridgehead atoms. The second-order valence-electron chi connectivity index (χ2n) is 8.52. The van der Waals surface area contributed by atoms with Gasteiger partial charge in [0.1, 0.15) is 0 Å². The summed E-state index contributed by atoms with van der Waals surface area (Å²) in [4.78, 5) is 21.6. The van der Waals surface area contributed by atoms with Crippen LogP contribution in [-0.2, 0) is 17.5 Å². The number of hydrogen-bond acceptors (Lipinski definition) is 5. The van der Waals surface area contributed by atoms with Gasteiger partial charge in [-0.3, -0.25) is 9.48 Å². The number of likely N-dealkylation sites (N-methyl/N-ethyl adjacent to an activating group) is 1. The molecule has 0 spiro atoms. The number of rotatable bonds is 3. The molecule has 0 saturated carbocycles. The minimum absolute atomic E-state index is 0.0307. The van der Waals surface area contributed by atoms with Crippen LogP contribution in [0.5, 0.6) is 0 Å². The number of aliphatic imine (C=N–C) groups is 1. The van der Waals surface area contributed by atoms with Crippen molar-refractivity contribution >= 4 is 51.4 Å². The van der Waals surface area contributed by atoms with Gasteiger partial charge in [0.2, 0.25) is 0 Å². The number of nitrogens with zero attached hydrogens (tertiary/aromatic N) is 5. The van der Waals surface area contributed by atoms with Crippen molar-refractivity contribution in [1.29, 1.82) is 0 Å². The quantitative estimate of drug-likeness (QED) is 0.457. The maximum absolute atomic E-state index is 13.5. The van der Waals surface area contributed by atoms with Gasteiger partial charge in [-0.05, 0) is 60.3 Å². The second kappa shape index (κ2) is 9.33. The van der Waals surface area contributed by atoms with Crippen LogP contribution < -0.4 is 0 Å². The fraction of sp³-hybridized carbons (Fsp3) is 0.292. The van der Waals surface area contributed by atoms with Gasteiger partial charge in [0.25, 0.3) is 5.91 Å². The van der Waals surface area contributed by atoms with Gasteiger partial charge in [0.15, 0.2) is 5.17 Å². The normalized spacial score (nSPS) is 18.7. The Morgan fingerprint density at radius 2 is 1.89 bits per heavy atom. The number of amidine groups is 1. The van der Waals surface area contributed by atoms with Crippen molar-refractivity contribution in [2.75, 3.05) is 33.2 Å². The first-order valence-corrected chi connectivity index (χ1v) is 12.1. The third-order valence-electron chi connectivity index (χ3n) is 6.04. The Bertz CT molecular complexity index is 1360. The fourth-order valence-electron chi connectivity index (χ4n) is 4.12. The van der Waals surface area contributed by atoms with Crippen LogP contribution in [0.25, 0.3) is 17.0 Å². The van der Waals surface area contributed by atoms with E-state index >= 15 is 0 Å². The van der Waals surface area contributed by atoms with Gasteiger partial charge in [-0.25, -0.2) is 0 Å². The molecule has 0 radical (unpaired) electrons. The van der Waals surface area contributed by atoms with E-state index < -0.39 is 11.7 Å². The highest BCUT2D eigenvalue weighted by Gasteiger charge is 2.33. The number of piperazine rings is 1. The first-order chi connectivity index (χ1) is 16.7. The van der Waals surface area contributed by atoms with Crippen LogP contribution in [0.3, 0.4) is 0 Å². The molecule has 1 saturated heterocycles. The molecule has 2 aliphatic rings. The SMILES string of the molecule is CN1CCN(C2=NC(=O)C(=Cc3ccc4c(cnn4Cc4ccc(Cl)cc4C(F)(F)F)c3)S2)CC1. The lowest BCUT2D eigenvalue weighted by atomic mass is 10.1. The number of alkyl halides is 3. The summed E-state index contributed by atoms with van der Waals surface area (Å²) in [6.07, 6.45) is -1.12. The molecule has 11 heteroatoms. The van der Waals surface area contributed by atoms with E-state index in [9.17, 15) is 18.0 Å². The zero-order valence-corrected chi connectivity index (χ0v) is 20.3. The average molecular weight is 520 g/mol. The highest BCUT2D eigenvalue weighted by atomic mass is 35.5. The maximum Gasteiger partial charge on any atom is 0.416 e. The van der Waals surface area contributed by atoms with E-state index in [-0.39, 0.29) is 23.0 Å². The molecule has 1 fully saturated rings. The Labute approximate surface area is 209 Å². The molecule has 1 aromatic heterocycles. The number of aromatic nitrogens is 2. The smallest absolute Gasteiger partial charge is 0.348 e. The maximum atomic E-state index is 13.5. The van der Waals surface area contributed by atoms with Crippen molar-refractivity contribution < 1.29 is 18.0 Å². The first-order valence-electron chi connectivity index (χ1n) is 10.9. The minimum Gasteiger partial charge on any atom is -0.348 e. The van der Waals surface area contributed by atoms with E-state index in [4.69, 9.17) is 11.6 Å². The van der Waals surface area contributed by atoms with Crippen molar-refractivity contribution in [3.63, 3.8) is 0 Å². The molecular weight excluding hydrogens is 499 g/mol. The molecular formula is C24H21ClF3N5OS. The van der Waals surface area contributed by atoms with Crippen molar-refractivity contribution in [1.82, 2.24) is 19.6 Å². The third kappa shape index (κ3) is 5.10. The van der Waals surface area contributed by atoms with Crippen molar-refractivity contribution in [3.8, 4) is 0 Å². The fourth-order valence-corrected chi connectivity index (χ4v) is 5.25. The monoisotopic (exact) mass is 519 g/mol. The molecule has 1 amide bonds. The van der Waals surface area contributed by atoms with Crippen molar-refractivity contribution in [3.05, 3.63) is 69.2 Å². The summed E-state index contributed by atoms with van der Waals surface area (Å²) in [6.45, 7) is 3.46. The molecule has 182 valence electrons. The van der Waals surface area contributed by atoms with Gasteiger partial charge in [0, 0.05) is 36.6 Å². The molecule has 6 nitrogen and oxygen atoms in total. The summed E-state index contributed by atoms with van der Waals surface area (Å²) in [7, 11) is 2.07. The Hall–Kier alpha value is -2.82. The van der Waals surface area contributed by atoms with E-state index in [1.807, 2.05) is 12.1 Å². The molecule has 0 N–H and O–H groups in total. The molecule has 35 heavy (non-hydrogen) atoms. The number of fused-ring (bicyclic) bond motifs is 1. The molecule has 3 heterocycles. The third-order valence-corrected chi connectivity index (χ3v) is 7.32. The van der Waals surface area contributed by atoms with E-state index in [1.54, 1.807) is 18.3 Å². The zero-order chi connectivity index (χ0) is 24.7. The lowest BCUT2D eigenvalue weighted by Gasteiger charge is -2.32. The van der Waals surface area contributed by atoms with Crippen LogP contribution in [0.1, 0.15) is 16.7 Å². The number of benzene rings is 2. The highest BCUT2D eigenvalue weighted by Crippen LogP contribution is 2.35. The first kappa shape index (κ1) is 23.9. The topological polar surface area (TPSA) is 53.7 Å². The molecule has 5 rings (SSSR count). The summed E-state index contributed by atoms with van der Waals surface area (Å²) in [5, 5.41) is 5.81. The summed E-state index contributed by atoms with van der Waals surface area (Å²) in [6, 6.07) is 9.23. The lowest BCUT2D eigenvalue weighted by Crippen LogP contribution is -2.46. The van der Waals surface area contributed by atoms with Gasteiger partial charge in [-0.2, -0.15) is 23.3 Å². The summed E-state index contributed by atoms with van der Waals surface area (Å²) in [5.74, 6) is -0.262. The van der Waals surface area contributed by atoms with Crippen molar-refractivity contribution in [2.45, 2.75) is 12.7 Å². The second-order valence-corrected chi connectivity index (χ2v) is 9.97. The molecule has 2 aromatic carbocycles. The predicted octanol–water partition coefficient (Wildman–Crippen LogP) is 4.97. The predicted molar refractivity (Wildman–Crippen MR) is 132 cm³/mol. The average Bonchev–Trinajstić information content (AvgIpc) is 3.38. The Morgan fingerprint density at radius 1 is 1.11 bits per heavy atom. The van der Waals surface area contributed by atoms with E-state index in [0.717, 1.165) is 48.4 Å². The van der Waals surface area contributed by atoms with Crippen LogP contribution in [0.2, 0.25) is 5.02 Å². The Morgan fingerprint density at radius 3 is 2.63 bits per heavy atom. The number of carbonyl (C=O) groups is 1. The number of amides is 1. The standard InChI is InChI=1S/C24H21ClF3N5OS/c1-31-6-8-32(9-7-31)23-30-22(34)21(35-23)11-15-2-5-20-17(10-15)13-29-33(20)14-16-3-4-18(25)12-19(16)24(26,27)28/h2-5,10-13H,6-9,14H2,1H3. The van der Waals surface area contributed by atoms with Gasteiger partial charge in [0.05, 0.1) is 28.7 Å². The summed E-state index contributed by atoms with van der Waals surface area (Å²) >= 11 is 7.16. The van der Waals surface area contributed by atoms with Crippen LogP contribution in [-0.4, -0.2) is 63.9 Å². The van der Waals surface area contributed by atoms with E-state index in [0.29, 0.717) is 10.4 Å². The zero-order valence-electron chi connectivity index (χ0n) is 18.7. The van der Waals surface area contributed by atoms with Crippen LogP contribution >= 0.6 is 23.4 Å². The van der Waals surface area contributed by atoms with E-state index in [2.05, 4.69) is 26.9 Å². The van der Waals surface area contributed by atoms with E-state index in [1.165, 1.54) is 28.6 Å². The Balaban J connectivity index is 1.36. The van der Waals surface area contributed by atoms with Gasteiger partial charge >= 0.3 is 6.18 Å². The number of thioether (sulfide) groups is 1. The van der Waals surface area contributed by atoms with Crippen molar-refractivity contribution in [2.24, 2.45) is 4.99 Å². The molecule has 0 atom stereocenters.